The maximum atomic E-state index is 12.5. The van der Waals surface area contributed by atoms with Crippen molar-refractivity contribution in [3.8, 4) is 0 Å². The van der Waals surface area contributed by atoms with Crippen molar-refractivity contribution in [1.82, 2.24) is 20.2 Å². The summed E-state index contributed by atoms with van der Waals surface area (Å²) in [4.78, 5) is 22.2. The first-order valence-electron chi connectivity index (χ1n) is 9.61. The van der Waals surface area contributed by atoms with Crippen LogP contribution in [0.3, 0.4) is 0 Å². The molecule has 0 aliphatic carbocycles. The molecule has 1 aromatic carbocycles. The molecule has 0 fully saturated rings. The molecule has 6 heteroatoms. The third-order valence-corrected chi connectivity index (χ3v) is 5.32. The first-order chi connectivity index (χ1) is 13.9. The first-order valence-corrected chi connectivity index (χ1v) is 9.61. The monoisotopic (exact) mass is 387 g/mol. The largest absolute Gasteiger partial charge is 0.393 e. The molecule has 29 heavy (non-hydrogen) atoms. The lowest BCUT2D eigenvalue weighted by molar-refractivity contribution is -0.122. The van der Waals surface area contributed by atoms with Crippen LogP contribution >= 0.6 is 0 Å². The molecule has 2 aromatic heterocycles. The van der Waals surface area contributed by atoms with Gasteiger partial charge in [0, 0.05) is 29.9 Å². The Labute approximate surface area is 170 Å². The van der Waals surface area contributed by atoms with E-state index in [0.29, 0.717) is 6.54 Å². The highest BCUT2D eigenvalue weighted by molar-refractivity contribution is 5.96. The third kappa shape index (κ3) is 3.49. The molecule has 0 radical (unpaired) electrons. The van der Waals surface area contributed by atoms with E-state index in [1.807, 2.05) is 63.4 Å². The Bertz CT molecular complexity index is 1120. The number of hydrogen-bond acceptors (Lipinski definition) is 4. The molecular formula is C23H25N5O. The molecule has 1 aliphatic heterocycles. The van der Waals surface area contributed by atoms with Crippen LogP contribution in [0.2, 0.25) is 0 Å². The van der Waals surface area contributed by atoms with Crippen LogP contribution in [0.4, 0.5) is 0 Å². The van der Waals surface area contributed by atoms with Gasteiger partial charge in [0.15, 0.2) is 0 Å². The SMILES string of the molecule is C/C(=C\C1=C(N)C(=O)NC(C)(C)N1Cc1ccccc1)c1c[nH]c2ncccc12. The summed E-state index contributed by atoms with van der Waals surface area (Å²) in [5.74, 6) is -0.251. The fourth-order valence-electron chi connectivity index (χ4n) is 3.74. The number of allylic oxidation sites excluding steroid dienone is 2. The zero-order chi connectivity index (χ0) is 20.6. The summed E-state index contributed by atoms with van der Waals surface area (Å²) in [6, 6.07) is 14.1. The number of hydrogen-bond donors (Lipinski definition) is 3. The summed E-state index contributed by atoms with van der Waals surface area (Å²) in [6.07, 6.45) is 5.70. The number of nitrogens with zero attached hydrogens (tertiary/aromatic N) is 2. The standard InChI is InChI=1S/C23H25N5O/c1-15(18-13-26-21-17(18)10-7-11-25-21)12-19-20(24)22(29)27-23(2,3)28(19)14-16-8-5-4-6-9-16/h4-13H,14,24H2,1-3H3,(H,25,26)(H,27,29)/b15-12+. The fraction of sp³-hybridized carbons (Fsp3) is 0.217. The second-order valence-corrected chi connectivity index (χ2v) is 7.81. The smallest absolute Gasteiger partial charge is 0.271 e. The molecule has 6 nitrogen and oxygen atoms in total. The van der Waals surface area contributed by atoms with Gasteiger partial charge in [-0.2, -0.15) is 0 Å². The van der Waals surface area contributed by atoms with Crippen LogP contribution < -0.4 is 11.1 Å². The van der Waals surface area contributed by atoms with Gasteiger partial charge in [0.05, 0.1) is 5.70 Å². The van der Waals surface area contributed by atoms with Crippen LogP contribution in [0.1, 0.15) is 31.9 Å². The average molecular weight is 387 g/mol. The van der Waals surface area contributed by atoms with E-state index in [0.717, 1.165) is 33.4 Å². The van der Waals surface area contributed by atoms with Gasteiger partial charge in [0.1, 0.15) is 17.0 Å². The maximum absolute atomic E-state index is 12.5. The van der Waals surface area contributed by atoms with Crippen LogP contribution in [0, 0.1) is 0 Å². The average Bonchev–Trinajstić information content (AvgIpc) is 3.13. The second-order valence-electron chi connectivity index (χ2n) is 7.81. The van der Waals surface area contributed by atoms with Crippen molar-refractivity contribution in [2.45, 2.75) is 33.0 Å². The number of amides is 1. The van der Waals surface area contributed by atoms with Crippen molar-refractivity contribution in [3.05, 3.63) is 83.5 Å². The number of aromatic nitrogens is 2. The van der Waals surface area contributed by atoms with Gasteiger partial charge in [0.2, 0.25) is 0 Å². The number of carbonyl (C=O) groups is 1. The zero-order valence-corrected chi connectivity index (χ0v) is 16.9. The molecule has 0 atom stereocenters. The lowest BCUT2D eigenvalue weighted by Crippen LogP contribution is -2.60. The first kappa shape index (κ1) is 18.8. The van der Waals surface area contributed by atoms with Crippen LogP contribution in [0.5, 0.6) is 0 Å². The molecule has 3 heterocycles. The van der Waals surface area contributed by atoms with Gasteiger partial charge in [-0.1, -0.05) is 30.3 Å². The highest BCUT2D eigenvalue weighted by Gasteiger charge is 2.36. The van der Waals surface area contributed by atoms with E-state index in [1.54, 1.807) is 6.20 Å². The minimum Gasteiger partial charge on any atom is -0.393 e. The molecule has 0 bridgehead atoms. The molecule has 0 unspecified atom stereocenters. The van der Waals surface area contributed by atoms with E-state index >= 15 is 0 Å². The molecule has 1 aliphatic rings. The van der Waals surface area contributed by atoms with Gasteiger partial charge in [0.25, 0.3) is 5.91 Å². The van der Waals surface area contributed by atoms with Crippen molar-refractivity contribution >= 4 is 22.5 Å². The minimum absolute atomic E-state index is 0.220. The van der Waals surface area contributed by atoms with E-state index in [1.165, 1.54) is 0 Å². The number of carbonyl (C=O) groups excluding carboxylic acids is 1. The minimum atomic E-state index is -0.580. The highest BCUT2D eigenvalue weighted by Crippen LogP contribution is 2.31. The molecule has 0 spiro atoms. The molecule has 3 aromatic rings. The Morgan fingerprint density at radius 1 is 1.21 bits per heavy atom. The Hall–Kier alpha value is -3.54. The zero-order valence-electron chi connectivity index (χ0n) is 16.9. The number of rotatable bonds is 4. The van der Waals surface area contributed by atoms with Crippen LogP contribution in [-0.2, 0) is 11.3 Å². The summed E-state index contributed by atoms with van der Waals surface area (Å²) in [5, 5.41) is 4.04. The molecule has 0 saturated heterocycles. The number of aromatic amines is 1. The van der Waals surface area contributed by atoms with Crippen LogP contribution in [0.15, 0.2) is 72.3 Å². The van der Waals surface area contributed by atoms with Gasteiger partial charge in [-0.05, 0) is 50.1 Å². The molecular weight excluding hydrogens is 362 g/mol. The topological polar surface area (TPSA) is 87.0 Å². The Morgan fingerprint density at radius 3 is 2.72 bits per heavy atom. The lowest BCUT2D eigenvalue weighted by atomic mass is 10.0. The Balaban J connectivity index is 1.79. The van der Waals surface area contributed by atoms with E-state index in [2.05, 4.69) is 32.3 Å². The molecule has 4 N–H and O–H groups in total. The summed E-state index contributed by atoms with van der Waals surface area (Å²) in [5.41, 5.74) is 10.6. The van der Waals surface area contributed by atoms with Gasteiger partial charge >= 0.3 is 0 Å². The van der Waals surface area contributed by atoms with Crippen molar-refractivity contribution in [3.63, 3.8) is 0 Å². The number of pyridine rings is 1. The van der Waals surface area contributed by atoms with Crippen LogP contribution in [0.25, 0.3) is 16.6 Å². The maximum Gasteiger partial charge on any atom is 0.271 e. The van der Waals surface area contributed by atoms with Crippen LogP contribution in [-0.4, -0.2) is 26.4 Å². The molecule has 4 rings (SSSR count). The molecule has 1 amide bonds. The number of fused-ring (bicyclic) bond motifs is 1. The van der Waals surface area contributed by atoms with Gasteiger partial charge < -0.3 is 20.9 Å². The number of nitrogens with one attached hydrogen (secondary N) is 2. The van der Waals surface area contributed by atoms with E-state index < -0.39 is 5.66 Å². The number of benzene rings is 1. The van der Waals surface area contributed by atoms with Crippen molar-refractivity contribution in [2.24, 2.45) is 5.73 Å². The summed E-state index contributed by atoms with van der Waals surface area (Å²) in [7, 11) is 0. The highest BCUT2D eigenvalue weighted by atomic mass is 16.2. The predicted octanol–water partition coefficient (Wildman–Crippen LogP) is 3.50. The fourth-order valence-corrected chi connectivity index (χ4v) is 3.74. The quantitative estimate of drug-likeness (QED) is 0.639. The van der Waals surface area contributed by atoms with Crippen molar-refractivity contribution in [2.75, 3.05) is 0 Å². The molecule has 0 saturated carbocycles. The Kier molecular flexibility index (Phi) is 4.62. The van der Waals surface area contributed by atoms with Gasteiger partial charge in [-0.25, -0.2) is 4.98 Å². The summed E-state index contributed by atoms with van der Waals surface area (Å²) < 4.78 is 0. The summed E-state index contributed by atoms with van der Waals surface area (Å²) in [6.45, 7) is 6.62. The number of nitrogens with two attached hydrogens (primary N) is 1. The van der Waals surface area contributed by atoms with Gasteiger partial charge in [-0.15, -0.1) is 0 Å². The normalized spacial score (nSPS) is 17.0. The number of H-pyrrole nitrogens is 1. The Morgan fingerprint density at radius 2 is 1.97 bits per heavy atom. The van der Waals surface area contributed by atoms with Gasteiger partial charge in [-0.3, -0.25) is 4.79 Å². The molecule has 148 valence electrons. The lowest BCUT2D eigenvalue weighted by Gasteiger charge is -2.45. The van der Waals surface area contributed by atoms with Crippen molar-refractivity contribution in [1.29, 1.82) is 0 Å². The second kappa shape index (κ2) is 7.13. The van der Waals surface area contributed by atoms with Crippen molar-refractivity contribution < 1.29 is 4.79 Å². The third-order valence-electron chi connectivity index (χ3n) is 5.32. The summed E-state index contributed by atoms with van der Waals surface area (Å²) >= 11 is 0. The van der Waals surface area contributed by atoms with E-state index in [4.69, 9.17) is 5.73 Å². The van der Waals surface area contributed by atoms with E-state index in [9.17, 15) is 4.79 Å². The van der Waals surface area contributed by atoms with E-state index in [-0.39, 0.29) is 11.6 Å². The predicted molar refractivity (Wildman–Crippen MR) is 115 cm³/mol.